The zero-order valence-electron chi connectivity index (χ0n) is 10.1. The van der Waals surface area contributed by atoms with Gasteiger partial charge in [0.05, 0.1) is 25.2 Å². The molecule has 98 valence electrons. The molecule has 1 amide bonds. The number of rotatable bonds is 3. The van der Waals surface area contributed by atoms with Crippen LogP contribution in [0, 0.1) is 0 Å². The lowest BCUT2D eigenvalue weighted by molar-refractivity contribution is 0.0948. The van der Waals surface area contributed by atoms with Gasteiger partial charge < -0.3 is 9.84 Å². The van der Waals surface area contributed by atoms with Gasteiger partial charge in [-0.1, -0.05) is 0 Å². The van der Waals surface area contributed by atoms with E-state index < -0.39 is 5.91 Å². The van der Waals surface area contributed by atoms with E-state index in [2.05, 4.69) is 9.97 Å². The molecule has 0 saturated heterocycles. The maximum atomic E-state index is 11.4. The molecule has 0 atom stereocenters. The number of aromatic nitrogens is 2. The predicted molar refractivity (Wildman–Crippen MR) is 67.3 cm³/mol. The van der Waals surface area contributed by atoms with Crippen LogP contribution in [0.4, 0.5) is 0 Å². The Balaban J connectivity index is 2.41. The molecule has 2 aromatic rings. The molecule has 0 aliphatic heterocycles. The van der Waals surface area contributed by atoms with Crippen LogP contribution in [0.2, 0.25) is 0 Å². The highest BCUT2D eigenvalue weighted by Crippen LogP contribution is 2.30. The number of nitrogen functional groups attached to an aromatic ring is 1. The third-order valence-corrected chi connectivity index (χ3v) is 2.47. The molecule has 0 aliphatic carbocycles. The molecule has 0 fully saturated rings. The summed E-state index contributed by atoms with van der Waals surface area (Å²) >= 11 is 0. The standard InChI is InChI=1S/C12H12N4O3/c1-19-11-3-2-7(4-10(11)17)8-5-14-6-9(15-8)12(18)16-13/h2-6,17H,13H2,1H3,(H,16,18). The van der Waals surface area contributed by atoms with Crippen molar-refractivity contribution in [3.63, 3.8) is 0 Å². The number of hydrogen-bond donors (Lipinski definition) is 3. The van der Waals surface area contributed by atoms with Gasteiger partial charge in [-0.15, -0.1) is 0 Å². The summed E-state index contributed by atoms with van der Waals surface area (Å²) in [6.45, 7) is 0. The maximum Gasteiger partial charge on any atom is 0.285 e. The van der Waals surface area contributed by atoms with Crippen molar-refractivity contribution >= 4 is 5.91 Å². The Labute approximate surface area is 109 Å². The van der Waals surface area contributed by atoms with Gasteiger partial charge in [-0.25, -0.2) is 10.8 Å². The zero-order valence-corrected chi connectivity index (χ0v) is 10.1. The molecule has 1 aromatic carbocycles. The topological polar surface area (TPSA) is 110 Å². The van der Waals surface area contributed by atoms with Gasteiger partial charge in [0.15, 0.2) is 11.5 Å². The van der Waals surface area contributed by atoms with Gasteiger partial charge in [-0.2, -0.15) is 0 Å². The highest BCUT2D eigenvalue weighted by atomic mass is 16.5. The third-order valence-electron chi connectivity index (χ3n) is 2.47. The van der Waals surface area contributed by atoms with Crippen molar-refractivity contribution in [2.75, 3.05) is 7.11 Å². The highest BCUT2D eigenvalue weighted by Gasteiger charge is 2.10. The number of phenolic OH excluding ortho intramolecular Hbond substituents is 1. The molecule has 0 bridgehead atoms. The highest BCUT2D eigenvalue weighted by molar-refractivity contribution is 5.91. The van der Waals surface area contributed by atoms with Crippen LogP contribution in [0.25, 0.3) is 11.3 Å². The van der Waals surface area contributed by atoms with Crippen molar-refractivity contribution < 1.29 is 14.6 Å². The van der Waals surface area contributed by atoms with E-state index in [-0.39, 0.29) is 11.4 Å². The normalized spacial score (nSPS) is 10.0. The van der Waals surface area contributed by atoms with E-state index in [1.54, 1.807) is 12.1 Å². The van der Waals surface area contributed by atoms with E-state index >= 15 is 0 Å². The van der Waals surface area contributed by atoms with E-state index in [1.807, 2.05) is 5.43 Å². The van der Waals surface area contributed by atoms with E-state index in [1.165, 1.54) is 25.6 Å². The summed E-state index contributed by atoms with van der Waals surface area (Å²) in [5, 5.41) is 9.70. The number of nitrogens with two attached hydrogens (primary N) is 1. The Bertz CT molecular complexity index is 616. The van der Waals surface area contributed by atoms with Gasteiger partial charge in [0, 0.05) is 5.56 Å². The molecular formula is C12H12N4O3. The molecule has 1 heterocycles. The Kier molecular flexibility index (Phi) is 3.58. The summed E-state index contributed by atoms with van der Waals surface area (Å²) in [6, 6.07) is 4.78. The minimum absolute atomic E-state index is 0.0181. The molecule has 7 heteroatoms. The van der Waals surface area contributed by atoms with Gasteiger partial charge in [0.25, 0.3) is 5.91 Å². The number of carbonyl (C=O) groups is 1. The van der Waals surface area contributed by atoms with E-state index in [0.29, 0.717) is 17.0 Å². The zero-order chi connectivity index (χ0) is 13.8. The molecule has 0 aliphatic rings. The average molecular weight is 260 g/mol. The third kappa shape index (κ3) is 2.61. The lowest BCUT2D eigenvalue weighted by atomic mass is 10.1. The molecule has 1 aromatic heterocycles. The number of aromatic hydroxyl groups is 1. The minimum Gasteiger partial charge on any atom is -0.504 e. The molecule has 0 unspecified atom stereocenters. The molecular weight excluding hydrogens is 248 g/mol. The van der Waals surface area contributed by atoms with Gasteiger partial charge in [0.1, 0.15) is 5.69 Å². The van der Waals surface area contributed by atoms with Crippen LogP contribution in [-0.4, -0.2) is 28.1 Å². The number of carbonyl (C=O) groups excluding carboxylic acids is 1. The minimum atomic E-state index is -0.535. The number of nitrogens with one attached hydrogen (secondary N) is 1. The fraction of sp³-hybridized carbons (Fsp3) is 0.0833. The van der Waals surface area contributed by atoms with Crippen molar-refractivity contribution in [3.05, 3.63) is 36.3 Å². The second-order valence-corrected chi connectivity index (χ2v) is 3.65. The second kappa shape index (κ2) is 5.32. The Hall–Kier alpha value is -2.67. The summed E-state index contributed by atoms with van der Waals surface area (Å²) in [5.74, 6) is 4.83. The first-order chi connectivity index (χ1) is 9.15. The lowest BCUT2D eigenvalue weighted by Crippen LogP contribution is -2.30. The summed E-state index contributed by atoms with van der Waals surface area (Å²) in [4.78, 5) is 19.4. The van der Waals surface area contributed by atoms with Gasteiger partial charge in [-0.05, 0) is 18.2 Å². The molecule has 4 N–H and O–H groups in total. The molecule has 19 heavy (non-hydrogen) atoms. The van der Waals surface area contributed by atoms with Gasteiger partial charge in [-0.3, -0.25) is 15.2 Å². The first-order valence-electron chi connectivity index (χ1n) is 5.36. The Morgan fingerprint density at radius 1 is 1.42 bits per heavy atom. The number of phenols is 1. The first-order valence-corrected chi connectivity index (χ1v) is 5.36. The largest absolute Gasteiger partial charge is 0.504 e. The fourth-order valence-electron chi connectivity index (χ4n) is 1.54. The molecule has 0 saturated carbocycles. The number of nitrogens with zero attached hydrogens (tertiary/aromatic N) is 2. The lowest BCUT2D eigenvalue weighted by Gasteiger charge is -2.06. The van der Waals surface area contributed by atoms with Crippen molar-refractivity contribution in [2.24, 2.45) is 5.84 Å². The Morgan fingerprint density at radius 3 is 2.84 bits per heavy atom. The van der Waals surface area contributed by atoms with Crippen molar-refractivity contribution in [1.29, 1.82) is 0 Å². The van der Waals surface area contributed by atoms with E-state index in [9.17, 15) is 9.90 Å². The number of hydrogen-bond acceptors (Lipinski definition) is 6. The number of benzene rings is 1. The Morgan fingerprint density at radius 2 is 2.21 bits per heavy atom. The summed E-state index contributed by atoms with van der Waals surface area (Å²) in [5.41, 5.74) is 3.12. The van der Waals surface area contributed by atoms with Crippen molar-refractivity contribution in [1.82, 2.24) is 15.4 Å². The first kappa shape index (κ1) is 12.8. The van der Waals surface area contributed by atoms with Crippen LogP contribution in [-0.2, 0) is 0 Å². The SMILES string of the molecule is COc1ccc(-c2cncc(C(=O)NN)n2)cc1O. The monoisotopic (exact) mass is 260 g/mol. The van der Waals surface area contributed by atoms with Crippen molar-refractivity contribution in [3.8, 4) is 22.8 Å². The number of ether oxygens (including phenoxy) is 1. The van der Waals surface area contributed by atoms with Crippen LogP contribution in [0.5, 0.6) is 11.5 Å². The van der Waals surface area contributed by atoms with Crippen molar-refractivity contribution in [2.45, 2.75) is 0 Å². The van der Waals surface area contributed by atoms with Gasteiger partial charge >= 0.3 is 0 Å². The number of amides is 1. The quantitative estimate of drug-likeness (QED) is 0.420. The summed E-state index contributed by atoms with van der Waals surface area (Å²) in [6.07, 6.45) is 2.78. The summed E-state index contributed by atoms with van der Waals surface area (Å²) in [7, 11) is 1.46. The van der Waals surface area contributed by atoms with Gasteiger partial charge in [0.2, 0.25) is 0 Å². The average Bonchev–Trinajstić information content (AvgIpc) is 2.46. The van der Waals surface area contributed by atoms with E-state index in [0.717, 1.165) is 0 Å². The van der Waals surface area contributed by atoms with E-state index in [4.69, 9.17) is 10.6 Å². The molecule has 0 spiro atoms. The molecule has 0 radical (unpaired) electrons. The maximum absolute atomic E-state index is 11.4. The van der Waals surface area contributed by atoms with Crippen LogP contribution >= 0.6 is 0 Å². The van der Waals surface area contributed by atoms with Crippen LogP contribution in [0.15, 0.2) is 30.6 Å². The number of hydrazine groups is 1. The predicted octanol–water partition coefficient (Wildman–Crippen LogP) is 0.461. The van der Waals surface area contributed by atoms with Crippen LogP contribution < -0.4 is 16.0 Å². The second-order valence-electron chi connectivity index (χ2n) is 3.65. The number of methoxy groups -OCH3 is 1. The van der Waals surface area contributed by atoms with Crippen LogP contribution in [0.3, 0.4) is 0 Å². The molecule has 2 rings (SSSR count). The van der Waals surface area contributed by atoms with Crippen LogP contribution in [0.1, 0.15) is 10.5 Å². The summed E-state index contributed by atoms with van der Waals surface area (Å²) < 4.78 is 4.95. The fourth-order valence-corrected chi connectivity index (χ4v) is 1.54. The molecule has 7 nitrogen and oxygen atoms in total. The smallest absolute Gasteiger partial charge is 0.285 e.